The smallest absolute Gasteiger partial charge is 0.234 e. The number of hydrogen-bond donors (Lipinski definition) is 1. The monoisotopic (exact) mass is 374 g/mol. The molecule has 144 valence electrons. The van der Waals surface area contributed by atoms with Gasteiger partial charge in [0.1, 0.15) is 5.82 Å². The van der Waals surface area contributed by atoms with Gasteiger partial charge in [0.2, 0.25) is 5.91 Å². The molecule has 0 unspecified atom stereocenters. The Bertz CT molecular complexity index is 930. The molecule has 2 heterocycles. The zero-order valence-corrected chi connectivity index (χ0v) is 16.2. The molecule has 1 fully saturated rings. The van der Waals surface area contributed by atoms with Gasteiger partial charge in [-0.05, 0) is 35.4 Å². The average molecular weight is 374 g/mol. The molecule has 1 N–H and O–H groups in total. The van der Waals surface area contributed by atoms with Gasteiger partial charge in [0, 0.05) is 32.4 Å². The van der Waals surface area contributed by atoms with E-state index in [9.17, 15) is 4.79 Å². The highest BCUT2D eigenvalue weighted by molar-refractivity contribution is 5.87. The Morgan fingerprint density at radius 1 is 1.00 bits per heavy atom. The molecule has 28 heavy (non-hydrogen) atoms. The number of anilines is 1. The lowest BCUT2D eigenvalue weighted by atomic mass is 10.00. The summed E-state index contributed by atoms with van der Waals surface area (Å²) in [5.41, 5.74) is 1.16. The van der Waals surface area contributed by atoms with Crippen molar-refractivity contribution in [1.82, 2.24) is 15.2 Å². The van der Waals surface area contributed by atoms with E-state index < -0.39 is 0 Å². The lowest BCUT2D eigenvalue weighted by molar-refractivity contribution is -0.123. The van der Waals surface area contributed by atoms with Crippen molar-refractivity contribution < 1.29 is 4.79 Å². The highest BCUT2D eigenvalue weighted by atomic mass is 16.2. The van der Waals surface area contributed by atoms with Crippen molar-refractivity contribution in [3.8, 4) is 0 Å². The number of nitrogens with zero attached hydrogens (tertiary/aromatic N) is 3. The molecule has 0 bridgehead atoms. The maximum absolute atomic E-state index is 12.6. The summed E-state index contributed by atoms with van der Waals surface area (Å²) < 4.78 is 0. The van der Waals surface area contributed by atoms with Gasteiger partial charge in [0.25, 0.3) is 0 Å². The van der Waals surface area contributed by atoms with Crippen LogP contribution in [0, 0.1) is 0 Å². The molecule has 3 aromatic rings. The quantitative estimate of drug-likeness (QED) is 0.745. The van der Waals surface area contributed by atoms with Crippen molar-refractivity contribution in [2.45, 2.75) is 13.0 Å². The van der Waals surface area contributed by atoms with Crippen LogP contribution in [-0.2, 0) is 4.79 Å². The minimum absolute atomic E-state index is 0.0200. The minimum atomic E-state index is -0.0200. The lowest BCUT2D eigenvalue weighted by Crippen LogP contribution is -2.49. The third kappa shape index (κ3) is 4.15. The largest absolute Gasteiger partial charge is 0.354 e. The second-order valence-electron chi connectivity index (χ2n) is 7.31. The molecule has 0 aliphatic carbocycles. The van der Waals surface area contributed by atoms with Gasteiger partial charge in [-0.2, -0.15) is 0 Å². The number of rotatable bonds is 5. The van der Waals surface area contributed by atoms with Crippen LogP contribution in [0.25, 0.3) is 10.8 Å². The number of carbonyl (C=O) groups is 1. The number of nitrogens with one attached hydrogen (secondary N) is 1. The van der Waals surface area contributed by atoms with Crippen LogP contribution in [0.15, 0.2) is 66.9 Å². The zero-order valence-electron chi connectivity index (χ0n) is 16.2. The van der Waals surface area contributed by atoms with E-state index in [2.05, 4.69) is 57.4 Å². The van der Waals surface area contributed by atoms with Crippen LogP contribution in [0.3, 0.4) is 0 Å². The zero-order chi connectivity index (χ0) is 19.3. The van der Waals surface area contributed by atoms with E-state index in [4.69, 9.17) is 0 Å². The van der Waals surface area contributed by atoms with E-state index in [1.165, 1.54) is 10.8 Å². The molecule has 1 atom stereocenters. The summed E-state index contributed by atoms with van der Waals surface area (Å²) in [7, 11) is 0. The topological polar surface area (TPSA) is 48.5 Å². The van der Waals surface area contributed by atoms with Crippen molar-refractivity contribution >= 4 is 22.5 Å². The number of amides is 1. The Balaban J connectivity index is 1.32. The van der Waals surface area contributed by atoms with E-state index >= 15 is 0 Å². The molecular weight excluding hydrogens is 348 g/mol. The van der Waals surface area contributed by atoms with E-state index in [-0.39, 0.29) is 11.9 Å². The Kier molecular flexibility index (Phi) is 5.53. The fraction of sp³-hybridized carbons (Fsp3) is 0.304. The standard InChI is InChI=1S/C23H26N4O/c1-18(20-10-6-8-19-7-2-3-9-21(19)20)25-23(28)17-26-13-15-27(16-14-26)22-11-4-5-12-24-22/h2-12,18H,13-17H2,1H3,(H,25,28)/t18-/m0/s1. The Morgan fingerprint density at radius 3 is 2.54 bits per heavy atom. The van der Waals surface area contributed by atoms with Gasteiger partial charge in [0.05, 0.1) is 12.6 Å². The molecule has 4 rings (SSSR count). The average Bonchev–Trinajstić information content (AvgIpc) is 2.74. The third-order valence-electron chi connectivity index (χ3n) is 5.38. The summed E-state index contributed by atoms with van der Waals surface area (Å²) in [5.74, 6) is 1.09. The van der Waals surface area contributed by atoms with E-state index in [0.29, 0.717) is 6.54 Å². The van der Waals surface area contributed by atoms with E-state index in [0.717, 1.165) is 37.6 Å². The maximum Gasteiger partial charge on any atom is 0.234 e. The summed E-state index contributed by atoms with van der Waals surface area (Å²) in [6.07, 6.45) is 1.82. The lowest BCUT2D eigenvalue weighted by Gasteiger charge is -2.35. The van der Waals surface area contributed by atoms with E-state index in [1.54, 1.807) is 0 Å². The van der Waals surface area contributed by atoms with Gasteiger partial charge in [0.15, 0.2) is 0 Å². The Labute approximate surface area is 166 Å². The van der Waals surface area contributed by atoms with Gasteiger partial charge in [-0.15, -0.1) is 0 Å². The first-order valence-electron chi connectivity index (χ1n) is 9.86. The molecule has 5 heteroatoms. The minimum Gasteiger partial charge on any atom is -0.354 e. The molecule has 2 aromatic carbocycles. The van der Waals surface area contributed by atoms with Crippen molar-refractivity contribution in [3.05, 3.63) is 72.4 Å². The summed E-state index contributed by atoms with van der Waals surface area (Å²) >= 11 is 0. The summed E-state index contributed by atoms with van der Waals surface area (Å²) in [6, 6.07) is 20.5. The van der Waals surface area contributed by atoms with Gasteiger partial charge in [-0.3, -0.25) is 9.69 Å². The summed E-state index contributed by atoms with van der Waals surface area (Å²) in [5, 5.41) is 5.57. The van der Waals surface area contributed by atoms with Crippen LogP contribution in [0.5, 0.6) is 0 Å². The van der Waals surface area contributed by atoms with Crippen LogP contribution in [0.4, 0.5) is 5.82 Å². The highest BCUT2D eigenvalue weighted by Crippen LogP contribution is 2.24. The molecule has 0 saturated carbocycles. The van der Waals surface area contributed by atoms with Crippen LogP contribution < -0.4 is 10.2 Å². The third-order valence-corrected chi connectivity index (χ3v) is 5.38. The van der Waals surface area contributed by atoms with Crippen LogP contribution in [0.2, 0.25) is 0 Å². The molecule has 1 amide bonds. The number of pyridine rings is 1. The molecule has 0 spiro atoms. The second kappa shape index (κ2) is 8.40. The number of carbonyl (C=O) groups excluding carboxylic acids is 1. The molecule has 1 aromatic heterocycles. The van der Waals surface area contributed by atoms with Crippen molar-refractivity contribution in [3.63, 3.8) is 0 Å². The fourth-order valence-corrected chi connectivity index (χ4v) is 3.87. The Hall–Kier alpha value is -2.92. The predicted octanol–water partition coefficient (Wildman–Crippen LogP) is 3.23. The van der Waals surface area contributed by atoms with Gasteiger partial charge >= 0.3 is 0 Å². The number of piperazine rings is 1. The van der Waals surface area contributed by atoms with Crippen LogP contribution >= 0.6 is 0 Å². The van der Waals surface area contributed by atoms with Gasteiger partial charge in [-0.1, -0.05) is 48.5 Å². The number of fused-ring (bicyclic) bond motifs is 1. The first-order valence-corrected chi connectivity index (χ1v) is 9.86. The second-order valence-corrected chi connectivity index (χ2v) is 7.31. The molecule has 1 aliphatic heterocycles. The normalized spacial score (nSPS) is 16.1. The molecule has 5 nitrogen and oxygen atoms in total. The predicted molar refractivity (Wildman–Crippen MR) is 113 cm³/mol. The van der Waals surface area contributed by atoms with Gasteiger partial charge in [-0.25, -0.2) is 4.98 Å². The molecular formula is C23H26N4O. The molecule has 1 aliphatic rings. The highest BCUT2D eigenvalue weighted by Gasteiger charge is 2.20. The summed E-state index contributed by atoms with van der Waals surface area (Å²) in [6.45, 7) is 6.01. The fourth-order valence-electron chi connectivity index (χ4n) is 3.87. The molecule has 0 radical (unpaired) electrons. The maximum atomic E-state index is 12.6. The van der Waals surface area contributed by atoms with Crippen molar-refractivity contribution in [2.75, 3.05) is 37.6 Å². The van der Waals surface area contributed by atoms with Crippen LogP contribution in [-0.4, -0.2) is 48.5 Å². The first kappa shape index (κ1) is 18.4. The number of benzene rings is 2. The van der Waals surface area contributed by atoms with Gasteiger partial charge < -0.3 is 10.2 Å². The van der Waals surface area contributed by atoms with Crippen molar-refractivity contribution in [2.24, 2.45) is 0 Å². The number of hydrogen-bond acceptors (Lipinski definition) is 4. The SMILES string of the molecule is C[C@H](NC(=O)CN1CCN(c2ccccn2)CC1)c1cccc2ccccc12. The number of aromatic nitrogens is 1. The first-order chi connectivity index (χ1) is 13.7. The Morgan fingerprint density at radius 2 is 1.75 bits per heavy atom. The van der Waals surface area contributed by atoms with E-state index in [1.807, 2.05) is 36.5 Å². The molecule has 1 saturated heterocycles. The summed E-state index contributed by atoms with van der Waals surface area (Å²) in [4.78, 5) is 21.5. The van der Waals surface area contributed by atoms with Crippen molar-refractivity contribution in [1.29, 1.82) is 0 Å². The van der Waals surface area contributed by atoms with Crippen LogP contribution in [0.1, 0.15) is 18.5 Å².